The van der Waals surface area contributed by atoms with Gasteiger partial charge in [0.15, 0.2) is 0 Å². The van der Waals surface area contributed by atoms with E-state index in [0.717, 1.165) is 5.69 Å². The van der Waals surface area contributed by atoms with Gasteiger partial charge in [0.1, 0.15) is 11.4 Å². The minimum atomic E-state index is -0.489. The van der Waals surface area contributed by atoms with Gasteiger partial charge in [-0.1, -0.05) is 0 Å². The number of nitrogens with two attached hydrogens (primary N) is 1. The minimum absolute atomic E-state index is 0.0615. The summed E-state index contributed by atoms with van der Waals surface area (Å²) in [7, 11) is 0. The Morgan fingerprint density at radius 2 is 1.95 bits per heavy atom. The van der Waals surface area contributed by atoms with E-state index in [1.54, 1.807) is 6.07 Å². The predicted molar refractivity (Wildman–Crippen MR) is 89.3 cm³/mol. The zero-order chi connectivity index (χ0) is 16.8. The van der Waals surface area contributed by atoms with Crippen molar-refractivity contribution in [2.75, 3.05) is 24.1 Å². The fourth-order valence-corrected chi connectivity index (χ4v) is 1.69. The van der Waals surface area contributed by atoms with E-state index < -0.39 is 11.7 Å². The largest absolute Gasteiger partial charge is 0.489 e. The molecule has 0 unspecified atom stereocenters. The number of carbonyl (C=O) groups is 1. The van der Waals surface area contributed by atoms with Crippen molar-refractivity contribution in [2.45, 2.75) is 46.3 Å². The third kappa shape index (κ3) is 7.06. The first-order chi connectivity index (χ1) is 10.2. The van der Waals surface area contributed by atoms with Crippen LogP contribution in [-0.4, -0.2) is 30.9 Å². The van der Waals surface area contributed by atoms with E-state index in [4.69, 9.17) is 15.2 Å². The SMILES string of the molecule is CC(C)Oc1cc(NCCNC(=O)OC(C)(C)C)ccc1N. The van der Waals surface area contributed by atoms with Crippen LogP contribution in [0, 0.1) is 0 Å². The molecule has 6 nitrogen and oxygen atoms in total. The van der Waals surface area contributed by atoms with Gasteiger partial charge in [-0.05, 0) is 46.8 Å². The quantitative estimate of drug-likeness (QED) is 0.555. The van der Waals surface area contributed by atoms with E-state index >= 15 is 0 Å². The molecule has 0 atom stereocenters. The number of rotatable bonds is 6. The summed E-state index contributed by atoms with van der Waals surface area (Å²) in [5.41, 5.74) is 6.86. The zero-order valence-corrected chi connectivity index (χ0v) is 14.0. The van der Waals surface area contributed by atoms with Crippen molar-refractivity contribution in [3.63, 3.8) is 0 Å². The van der Waals surface area contributed by atoms with Crippen molar-refractivity contribution in [3.8, 4) is 5.75 Å². The van der Waals surface area contributed by atoms with Crippen LogP contribution in [0.4, 0.5) is 16.2 Å². The Morgan fingerprint density at radius 3 is 2.55 bits per heavy atom. The first-order valence-electron chi connectivity index (χ1n) is 7.44. The highest BCUT2D eigenvalue weighted by Crippen LogP contribution is 2.26. The van der Waals surface area contributed by atoms with Gasteiger partial charge in [0, 0.05) is 24.8 Å². The van der Waals surface area contributed by atoms with E-state index in [1.807, 2.05) is 46.8 Å². The summed E-state index contributed by atoms with van der Waals surface area (Å²) < 4.78 is 10.8. The molecule has 1 aromatic rings. The standard InChI is InChI=1S/C16H27N3O3/c1-11(2)21-14-10-12(6-7-13(14)17)18-8-9-19-15(20)22-16(3,4)5/h6-7,10-11,18H,8-9,17H2,1-5H3,(H,19,20). The molecule has 0 saturated heterocycles. The van der Waals surface area contributed by atoms with Crippen molar-refractivity contribution in [3.05, 3.63) is 18.2 Å². The number of carbonyl (C=O) groups excluding carboxylic acids is 1. The normalized spacial score (nSPS) is 11.2. The van der Waals surface area contributed by atoms with E-state index in [9.17, 15) is 4.79 Å². The first kappa shape index (κ1) is 17.9. The van der Waals surface area contributed by atoms with Crippen molar-refractivity contribution >= 4 is 17.5 Å². The van der Waals surface area contributed by atoms with Crippen LogP contribution in [0.1, 0.15) is 34.6 Å². The van der Waals surface area contributed by atoms with Gasteiger partial charge in [-0.15, -0.1) is 0 Å². The number of hydrogen-bond donors (Lipinski definition) is 3. The van der Waals surface area contributed by atoms with Crippen LogP contribution >= 0.6 is 0 Å². The molecule has 0 saturated carbocycles. The Kier molecular flexibility index (Phi) is 6.34. The Labute approximate surface area is 132 Å². The number of ether oxygens (including phenoxy) is 2. The molecule has 0 radical (unpaired) electrons. The molecule has 0 fully saturated rings. The second kappa shape index (κ2) is 7.77. The number of nitrogen functional groups attached to an aromatic ring is 1. The lowest BCUT2D eigenvalue weighted by molar-refractivity contribution is 0.0530. The predicted octanol–water partition coefficient (Wildman–Crippen LogP) is 2.99. The average molecular weight is 309 g/mol. The van der Waals surface area contributed by atoms with Crippen LogP contribution in [0.15, 0.2) is 18.2 Å². The molecule has 0 bridgehead atoms. The zero-order valence-electron chi connectivity index (χ0n) is 14.0. The lowest BCUT2D eigenvalue weighted by atomic mass is 10.2. The lowest BCUT2D eigenvalue weighted by Gasteiger charge is -2.19. The van der Waals surface area contributed by atoms with Crippen molar-refractivity contribution < 1.29 is 14.3 Å². The highest BCUT2D eigenvalue weighted by atomic mass is 16.6. The molecule has 0 aromatic heterocycles. The molecular formula is C16H27N3O3. The monoisotopic (exact) mass is 309 g/mol. The van der Waals surface area contributed by atoms with Gasteiger partial charge < -0.3 is 25.8 Å². The Morgan fingerprint density at radius 1 is 1.27 bits per heavy atom. The van der Waals surface area contributed by atoms with Gasteiger partial charge >= 0.3 is 6.09 Å². The van der Waals surface area contributed by atoms with Crippen molar-refractivity contribution in [2.24, 2.45) is 0 Å². The maximum atomic E-state index is 11.5. The van der Waals surface area contributed by atoms with E-state index in [2.05, 4.69) is 10.6 Å². The lowest BCUT2D eigenvalue weighted by Crippen LogP contribution is -2.34. The van der Waals surface area contributed by atoms with Crippen LogP contribution in [-0.2, 0) is 4.74 Å². The van der Waals surface area contributed by atoms with Crippen LogP contribution < -0.4 is 21.1 Å². The number of benzene rings is 1. The fraction of sp³-hybridized carbons (Fsp3) is 0.562. The molecule has 124 valence electrons. The number of anilines is 2. The van der Waals surface area contributed by atoms with Crippen LogP contribution in [0.5, 0.6) is 5.75 Å². The molecule has 6 heteroatoms. The van der Waals surface area contributed by atoms with Gasteiger partial charge in [0.2, 0.25) is 0 Å². The Balaban J connectivity index is 2.41. The van der Waals surface area contributed by atoms with E-state index in [-0.39, 0.29) is 6.10 Å². The van der Waals surface area contributed by atoms with Crippen LogP contribution in [0.2, 0.25) is 0 Å². The number of hydrogen-bond acceptors (Lipinski definition) is 5. The highest BCUT2D eigenvalue weighted by molar-refractivity contribution is 5.67. The average Bonchev–Trinajstić information content (AvgIpc) is 2.35. The summed E-state index contributed by atoms with van der Waals surface area (Å²) in [5.74, 6) is 0.653. The summed E-state index contributed by atoms with van der Waals surface area (Å²) in [6.07, 6.45) is -0.359. The summed E-state index contributed by atoms with van der Waals surface area (Å²) in [6.45, 7) is 10.4. The molecule has 1 rings (SSSR count). The van der Waals surface area contributed by atoms with Crippen molar-refractivity contribution in [1.29, 1.82) is 0 Å². The molecular weight excluding hydrogens is 282 g/mol. The molecule has 0 aliphatic heterocycles. The smallest absolute Gasteiger partial charge is 0.407 e. The topological polar surface area (TPSA) is 85.6 Å². The van der Waals surface area contributed by atoms with Crippen LogP contribution in [0.25, 0.3) is 0 Å². The van der Waals surface area contributed by atoms with Gasteiger partial charge in [0.25, 0.3) is 0 Å². The second-order valence-electron chi connectivity index (χ2n) is 6.27. The first-order valence-corrected chi connectivity index (χ1v) is 7.44. The molecule has 0 aliphatic carbocycles. The van der Waals surface area contributed by atoms with Gasteiger partial charge in [-0.3, -0.25) is 0 Å². The molecule has 1 aromatic carbocycles. The van der Waals surface area contributed by atoms with E-state index in [1.165, 1.54) is 0 Å². The third-order valence-corrected chi connectivity index (χ3v) is 2.50. The van der Waals surface area contributed by atoms with Gasteiger partial charge in [0.05, 0.1) is 11.8 Å². The molecule has 0 spiro atoms. The Hall–Kier alpha value is -2.11. The molecule has 4 N–H and O–H groups in total. The minimum Gasteiger partial charge on any atom is -0.489 e. The summed E-state index contributed by atoms with van der Waals surface area (Å²) in [6, 6.07) is 5.51. The number of nitrogens with one attached hydrogen (secondary N) is 2. The van der Waals surface area contributed by atoms with Crippen molar-refractivity contribution in [1.82, 2.24) is 5.32 Å². The third-order valence-electron chi connectivity index (χ3n) is 2.50. The summed E-state index contributed by atoms with van der Waals surface area (Å²) in [5, 5.41) is 5.89. The Bertz CT molecular complexity index is 496. The van der Waals surface area contributed by atoms with Gasteiger partial charge in [-0.25, -0.2) is 4.79 Å². The van der Waals surface area contributed by atoms with Gasteiger partial charge in [-0.2, -0.15) is 0 Å². The number of alkyl carbamates (subject to hydrolysis) is 1. The summed E-state index contributed by atoms with van der Waals surface area (Å²) in [4.78, 5) is 11.5. The number of amides is 1. The maximum Gasteiger partial charge on any atom is 0.407 e. The molecule has 0 heterocycles. The molecule has 0 aliphatic rings. The molecule has 22 heavy (non-hydrogen) atoms. The fourth-order valence-electron chi connectivity index (χ4n) is 1.69. The maximum absolute atomic E-state index is 11.5. The van der Waals surface area contributed by atoms with Crippen LogP contribution in [0.3, 0.4) is 0 Å². The second-order valence-corrected chi connectivity index (χ2v) is 6.27. The highest BCUT2D eigenvalue weighted by Gasteiger charge is 2.15. The van der Waals surface area contributed by atoms with E-state index in [0.29, 0.717) is 24.5 Å². The summed E-state index contributed by atoms with van der Waals surface area (Å²) >= 11 is 0. The molecule has 1 amide bonds.